The fourth-order valence-corrected chi connectivity index (χ4v) is 6.15. The van der Waals surface area contributed by atoms with E-state index in [1.165, 1.54) is 32.4 Å². The molecular formula is C25H34F2N4O4S. The van der Waals surface area contributed by atoms with Crippen LogP contribution in [0.4, 0.5) is 14.6 Å². The first kappa shape index (κ1) is 26.7. The Morgan fingerprint density at radius 3 is 2.58 bits per heavy atom. The zero-order valence-corrected chi connectivity index (χ0v) is 21.6. The molecule has 8 nitrogen and oxygen atoms in total. The zero-order valence-electron chi connectivity index (χ0n) is 20.8. The van der Waals surface area contributed by atoms with Crippen molar-refractivity contribution in [3.8, 4) is 5.75 Å². The molecule has 0 bridgehead atoms. The Hall–Kier alpha value is -2.34. The smallest absolute Gasteiger partial charge is 0.279 e. The zero-order chi connectivity index (χ0) is 26.0. The monoisotopic (exact) mass is 524 g/mol. The molecule has 1 aromatic heterocycles. The molecule has 11 heteroatoms. The number of aromatic nitrogens is 1. The third-order valence-electron chi connectivity index (χ3n) is 7.26. The number of nitrogens with one attached hydrogen (secondary N) is 1. The first-order valence-electron chi connectivity index (χ1n) is 12.3. The van der Waals surface area contributed by atoms with Crippen LogP contribution in [0.25, 0.3) is 0 Å². The van der Waals surface area contributed by atoms with Crippen molar-refractivity contribution in [3.05, 3.63) is 53.7 Å². The summed E-state index contributed by atoms with van der Waals surface area (Å²) in [7, 11) is -0.856. The van der Waals surface area contributed by atoms with E-state index in [9.17, 15) is 22.3 Å². The maximum atomic E-state index is 14.9. The third kappa shape index (κ3) is 5.80. The molecule has 2 aromatic rings. The third-order valence-corrected chi connectivity index (χ3v) is 8.83. The van der Waals surface area contributed by atoms with Gasteiger partial charge in [-0.25, -0.2) is 9.37 Å². The van der Waals surface area contributed by atoms with Gasteiger partial charge in [-0.15, -0.1) is 0 Å². The first-order chi connectivity index (χ1) is 17.1. The van der Waals surface area contributed by atoms with Gasteiger partial charge in [0.25, 0.3) is 10.2 Å². The summed E-state index contributed by atoms with van der Waals surface area (Å²) < 4.78 is 63.8. The van der Waals surface area contributed by atoms with Crippen LogP contribution in [0.1, 0.15) is 50.5 Å². The van der Waals surface area contributed by atoms with Crippen LogP contribution >= 0.6 is 0 Å². The molecule has 1 aromatic carbocycles. The van der Waals surface area contributed by atoms with Crippen LogP contribution in [0.3, 0.4) is 0 Å². The van der Waals surface area contributed by atoms with Crippen molar-refractivity contribution < 1.29 is 27.0 Å². The lowest BCUT2D eigenvalue weighted by molar-refractivity contribution is 0.0153. The van der Waals surface area contributed by atoms with Crippen molar-refractivity contribution in [1.29, 1.82) is 0 Å². The van der Waals surface area contributed by atoms with E-state index in [1.54, 1.807) is 17.0 Å². The average molecular weight is 525 g/mol. The number of nitrogens with zero attached hydrogens (tertiary/aromatic N) is 3. The lowest BCUT2D eigenvalue weighted by atomic mass is 9.82. The molecule has 1 aliphatic carbocycles. The van der Waals surface area contributed by atoms with E-state index >= 15 is 0 Å². The Labute approximate surface area is 211 Å². The van der Waals surface area contributed by atoms with Crippen LogP contribution in [-0.2, 0) is 14.9 Å². The summed E-state index contributed by atoms with van der Waals surface area (Å²) in [5.74, 6) is -1.35. The molecular weight excluding hydrogens is 490 g/mol. The molecule has 2 fully saturated rings. The maximum absolute atomic E-state index is 14.9. The van der Waals surface area contributed by atoms with Gasteiger partial charge in [-0.05, 0) is 62.6 Å². The fourth-order valence-electron chi connectivity index (χ4n) is 5.31. The number of rotatable bonds is 8. The number of ether oxygens (including phenoxy) is 1. The first-order valence-corrected chi connectivity index (χ1v) is 13.7. The average Bonchev–Trinajstić information content (AvgIpc) is 3.13. The van der Waals surface area contributed by atoms with Gasteiger partial charge in [-0.3, -0.25) is 0 Å². The van der Waals surface area contributed by atoms with E-state index in [0.29, 0.717) is 6.42 Å². The van der Waals surface area contributed by atoms with Crippen molar-refractivity contribution in [1.82, 2.24) is 14.0 Å². The summed E-state index contributed by atoms with van der Waals surface area (Å²) in [4.78, 5) is 5.85. The Kier molecular flexibility index (Phi) is 8.13. The summed E-state index contributed by atoms with van der Waals surface area (Å²) in [5.41, 5.74) is 0.993. The molecule has 4 rings (SSSR count). The van der Waals surface area contributed by atoms with E-state index in [0.717, 1.165) is 35.6 Å². The molecule has 0 amide bonds. The Morgan fingerprint density at radius 1 is 1.19 bits per heavy atom. The summed E-state index contributed by atoms with van der Waals surface area (Å²) >= 11 is 0. The van der Waals surface area contributed by atoms with Gasteiger partial charge >= 0.3 is 0 Å². The van der Waals surface area contributed by atoms with Crippen LogP contribution in [-0.4, -0.2) is 67.7 Å². The van der Waals surface area contributed by atoms with Gasteiger partial charge in [0.15, 0.2) is 11.6 Å². The van der Waals surface area contributed by atoms with E-state index in [-0.39, 0.29) is 36.3 Å². The van der Waals surface area contributed by atoms with Crippen molar-refractivity contribution in [2.24, 2.45) is 0 Å². The Balaban J connectivity index is 1.48. The quantitative estimate of drug-likeness (QED) is 0.549. The lowest BCUT2D eigenvalue weighted by Crippen LogP contribution is -2.51. The number of hydrogen-bond donors (Lipinski definition) is 2. The number of halogens is 2. The normalized spacial score (nSPS) is 27.1. The van der Waals surface area contributed by atoms with Gasteiger partial charge in [0.1, 0.15) is 5.82 Å². The van der Waals surface area contributed by atoms with Crippen LogP contribution in [0.15, 0.2) is 36.5 Å². The molecule has 0 spiro atoms. The molecule has 1 aliphatic heterocycles. The molecule has 2 heterocycles. The highest BCUT2D eigenvalue weighted by molar-refractivity contribution is 7.87. The molecule has 1 saturated carbocycles. The highest BCUT2D eigenvalue weighted by Gasteiger charge is 2.43. The summed E-state index contributed by atoms with van der Waals surface area (Å²) in [5, 5.41) is 9.91. The highest BCUT2D eigenvalue weighted by atomic mass is 32.2. The van der Waals surface area contributed by atoms with Gasteiger partial charge in [-0.2, -0.15) is 21.8 Å². The SMILES string of the molecule is C[C@@H]1C[C@H](NS(=O)(=O)N(C)C)[C@H](COC2CCC(c3cccc(F)c3)CC2)N1c1nccc(O)c1F. The maximum Gasteiger partial charge on any atom is 0.279 e. The van der Waals surface area contributed by atoms with E-state index in [2.05, 4.69) is 9.71 Å². The summed E-state index contributed by atoms with van der Waals surface area (Å²) in [6, 6.07) is 6.56. The number of anilines is 1. The lowest BCUT2D eigenvalue weighted by Gasteiger charge is -2.34. The minimum atomic E-state index is -3.74. The van der Waals surface area contributed by atoms with E-state index in [4.69, 9.17) is 4.74 Å². The van der Waals surface area contributed by atoms with Gasteiger partial charge in [0.05, 0.1) is 18.8 Å². The standard InChI is InChI=1S/C25H34F2N4O4S/c1-16-13-21(29-36(33,34)30(2)3)22(31(16)25-24(27)23(32)11-12-28-25)15-35-20-9-7-17(8-10-20)18-5-4-6-19(26)14-18/h4-6,11-12,14,16-17,20-22,29H,7-10,13,15H2,1-3H3,(H,28,32)/t16-,17?,20?,21+,22+/m1/s1. The molecule has 2 aliphatic rings. The van der Waals surface area contributed by atoms with Crippen LogP contribution in [0.2, 0.25) is 0 Å². The van der Waals surface area contributed by atoms with E-state index in [1.807, 2.05) is 13.0 Å². The van der Waals surface area contributed by atoms with Crippen molar-refractivity contribution in [2.75, 3.05) is 25.6 Å². The Bertz CT molecular complexity index is 1160. The van der Waals surface area contributed by atoms with Crippen LogP contribution < -0.4 is 9.62 Å². The predicted octanol–water partition coefficient (Wildman–Crippen LogP) is 3.54. The van der Waals surface area contributed by atoms with Crippen molar-refractivity contribution >= 4 is 16.0 Å². The predicted molar refractivity (Wildman–Crippen MR) is 133 cm³/mol. The second-order valence-electron chi connectivity index (χ2n) is 9.90. The van der Waals surface area contributed by atoms with Crippen LogP contribution in [0, 0.1) is 11.6 Å². The van der Waals surface area contributed by atoms with Crippen molar-refractivity contribution in [3.63, 3.8) is 0 Å². The topological polar surface area (TPSA) is 95.0 Å². The second kappa shape index (κ2) is 11.0. The van der Waals surface area contributed by atoms with Gasteiger partial charge in [-0.1, -0.05) is 12.1 Å². The number of hydrogen-bond acceptors (Lipinski definition) is 6. The minimum absolute atomic E-state index is 0.0301. The van der Waals surface area contributed by atoms with Crippen LogP contribution in [0.5, 0.6) is 5.75 Å². The molecule has 0 radical (unpaired) electrons. The Morgan fingerprint density at radius 2 is 1.92 bits per heavy atom. The number of benzene rings is 1. The largest absolute Gasteiger partial charge is 0.505 e. The summed E-state index contributed by atoms with van der Waals surface area (Å²) in [6.07, 6.45) is 5.00. The number of aromatic hydroxyl groups is 1. The molecule has 2 N–H and O–H groups in total. The van der Waals surface area contributed by atoms with Crippen molar-refractivity contribution in [2.45, 2.75) is 69.2 Å². The minimum Gasteiger partial charge on any atom is -0.505 e. The van der Waals surface area contributed by atoms with Gasteiger partial charge in [0, 0.05) is 38.4 Å². The van der Waals surface area contributed by atoms with Gasteiger partial charge < -0.3 is 14.7 Å². The molecule has 0 unspecified atom stereocenters. The number of pyridine rings is 1. The molecule has 36 heavy (non-hydrogen) atoms. The molecule has 198 valence electrons. The second-order valence-corrected chi connectivity index (χ2v) is 11.8. The fraction of sp³-hybridized carbons (Fsp3) is 0.560. The van der Waals surface area contributed by atoms with Gasteiger partial charge in [0.2, 0.25) is 5.82 Å². The molecule has 3 atom stereocenters. The van der Waals surface area contributed by atoms with E-state index < -0.39 is 33.9 Å². The molecule has 1 saturated heterocycles. The summed E-state index contributed by atoms with van der Waals surface area (Å²) in [6.45, 7) is 2.03. The highest BCUT2D eigenvalue weighted by Crippen LogP contribution is 2.37.